The van der Waals surface area contributed by atoms with Crippen molar-refractivity contribution in [1.82, 2.24) is 25.1 Å². The third kappa shape index (κ3) is 5.99. The Morgan fingerprint density at radius 2 is 1.97 bits per heavy atom. The van der Waals surface area contributed by atoms with Gasteiger partial charge in [-0.25, -0.2) is 14.8 Å². The number of aromatic amines is 1. The summed E-state index contributed by atoms with van der Waals surface area (Å²) in [5.41, 5.74) is 1.21. The van der Waals surface area contributed by atoms with Crippen molar-refractivity contribution in [1.29, 1.82) is 0 Å². The molecular formula is C21H23N5O2S2. The minimum Gasteiger partial charge on any atom is -0.410 e. The number of nitrogens with zero attached hydrogens (tertiary/aromatic N) is 4. The van der Waals surface area contributed by atoms with Gasteiger partial charge in [0.2, 0.25) is 5.16 Å². The van der Waals surface area contributed by atoms with Crippen molar-refractivity contribution in [3.63, 3.8) is 0 Å². The van der Waals surface area contributed by atoms with Crippen molar-refractivity contribution < 1.29 is 9.53 Å². The third-order valence-corrected chi connectivity index (χ3v) is 6.93. The molecule has 0 saturated carbocycles. The highest BCUT2D eigenvalue weighted by atomic mass is 32.2. The fourth-order valence-electron chi connectivity index (χ4n) is 3.15. The second-order valence-corrected chi connectivity index (χ2v) is 9.25. The number of pyridine rings is 1. The van der Waals surface area contributed by atoms with Crippen molar-refractivity contribution in [2.45, 2.75) is 34.7 Å². The standard InChI is InChI=1S/C21H23N5O2S2/c27-21(26-12-8-18(9-13-26)30-20-23-15-24-25-20)28-17-6-4-16(5-7-17)10-14-29-19-3-1-2-11-22-19/h1-7,11,15,18H,8-10,12-14H2,(H,23,24,25). The molecule has 1 saturated heterocycles. The second-order valence-electron chi connectivity index (χ2n) is 6.86. The molecule has 0 aliphatic carbocycles. The Morgan fingerprint density at radius 1 is 1.13 bits per heavy atom. The van der Waals surface area contributed by atoms with E-state index in [2.05, 4.69) is 20.2 Å². The first-order valence-electron chi connectivity index (χ1n) is 9.88. The molecule has 0 unspecified atom stereocenters. The first-order chi connectivity index (χ1) is 14.8. The Balaban J connectivity index is 1.19. The Kier molecular flexibility index (Phi) is 7.25. The lowest BCUT2D eigenvalue weighted by Gasteiger charge is -2.30. The van der Waals surface area contributed by atoms with Gasteiger partial charge in [0.15, 0.2) is 0 Å². The molecule has 3 heterocycles. The summed E-state index contributed by atoms with van der Waals surface area (Å²) in [6.07, 6.45) is 5.85. The number of ether oxygens (including phenoxy) is 1. The highest BCUT2D eigenvalue weighted by Crippen LogP contribution is 2.28. The van der Waals surface area contributed by atoms with E-state index >= 15 is 0 Å². The highest BCUT2D eigenvalue weighted by molar-refractivity contribution is 7.99. The lowest BCUT2D eigenvalue weighted by Crippen LogP contribution is -2.40. The predicted octanol–water partition coefficient (Wildman–Crippen LogP) is 4.29. The number of benzene rings is 1. The molecule has 0 spiro atoms. The maximum absolute atomic E-state index is 12.5. The van der Waals surface area contributed by atoms with Crippen LogP contribution in [0.2, 0.25) is 0 Å². The number of aromatic nitrogens is 4. The van der Waals surface area contributed by atoms with Crippen LogP contribution in [0, 0.1) is 0 Å². The fraction of sp³-hybridized carbons (Fsp3) is 0.333. The van der Waals surface area contributed by atoms with E-state index in [1.165, 1.54) is 5.56 Å². The number of aryl methyl sites for hydroxylation is 1. The van der Waals surface area contributed by atoms with Crippen LogP contribution in [-0.2, 0) is 6.42 Å². The summed E-state index contributed by atoms with van der Waals surface area (Å²) in [5.74, 6) is 1.54. The SMILES string of the molecule is O=C(Oc1ccc(CCSc2ccccn2)cc1)N1CCC(Sc2nc[nH]n2)CC1. The van der Waals surface area contributed by atoms with Gasteiger partial charge < -0.3 is 9.64 Å². The van der Waals surface area contributed by atoms with Crippen LogP contribution in [0.15, 0.2) is 65.2 Å². The molecule has 1 aliphatic heterocycles. The number of H-pyrrole nitrogens is 1. The van der Waals surface area contributed by atoms with E-state index in [1.54, 1.807) is 34.8 Å². The van der Waals surface area contributed by atoms with E-state index in [9.17, 15) is 4.79 Å². The smallest absolute Gasteiger partial charge is 0.410 e. The molecule has 1 aromatic carbocycles. The Morgan fingerprint density at radius 3 is 2.67 bits per heavy atom. The molecule has 1 fully saturated rings. The van der Waals surface area contributed by atoms with Gasteiger partial charge in [0.25, 0.3) is 0 Å². The van der Waals surface area contributed by atoms with E-state index in [4.69, 9.17) is 4.74 Å². The van der Waals surface area contributed by atoms with Gasteiger partial charge in [-0.3, -0.25) is 5.10 Å². The Labute approximate surface area is 184 Å². The molecule has 30 heavy (non-hydrogen) atoms. The second kappa shape index (κ2) is 10.5. The molecule has 1 aliphatic rings. The molecule has 7 nitrogen and oxygen atoms in total. The van der Waals surface area contributed by atoms with Crippen LogP contribution in [0.4, 0.5) is 4.79 Å². The van der Waals surface area contributed by atoms with Crippen LogP contribution in [-0.4, -0.2) is 55.3 Å². The zero-order valence-corrected chi connectivity index (χ0v) is 18.1. The first kappa shape index (κ1) is 20.7. The number of carbonyl (C=O) groups is 1. The number of carbonyl (C=O) groups excluding carboxylic acids is 1. The molecule has 0 atom stereocenters. The lowest BCUT2D eigenvalue weighted by molar-refractivity contribution is 0.143. The van der Waals surface area contributed by atoms with Gasteiger partial charge in [-0.2, -0.15) is 0 Å². The summed E-state index contributed by atoms with van der Waals surface area (Å²) in [5, 5.41) is 9.02. The zero-order chi connectivity index (χ0) is 20.6. The monoisotopic (exact) mass is 441 g/mol. The average Bonchev–Trinajstić information content (AvgIpc) is 3.29. The number of piperidine rings is 1. The normalized spacial score (nSPS) is 14.6. The molecule has 2 aromatic heterocycles. The molecule has 0 radical (unpaired) electrons. The van der Waals surface area contributed by atoms with Gasteiger partial charge in [0.1, 0.15) is 12.1 Å². The molecule has 156 valence electrons. The topological polar surface area (TPSA) is 84.0 Å². The van der Waals surface area contributed by atoms with Gasteiger partial charge in [0, 0.05) is 30.3 Å². The van der Waals surface area contributed by atoms with E-state index in [0.29, 0.717) is 24.1 Å². The molecule has 4 rings (SSSR count). The van der Waals surface area contributed by atoms with E-state index in [-0.39, 0.29) is 6.09 Å². The summed E-state index contributed by atoms with van der Waals surface area (Å²) in [4.78, 5) is 22.7. The van der Waals surface area contributed by atoms with Gasteiger partial charge >= 0.3 is 6.09 Å². The quantitative estimate of drug-likeness (QED) is 0.548. The van der Waals surface area contributed by atoms with Crippen LogP contribution in [0.1, 0.15) is 18.4 Å². The van der Waals surface area contributed by atoms with Gasteiger partial charge in [0.05, 0.1) is 5.03 Å². The van der Waals surface area contributed by atoms with Gasteiger partial charge in [-0.05, 0) is 49.1 Å². The lowest BCUT2D eigenvalue weighted by atomic mass is 10.1. The molecule has 1 N–H and O–H groups in total. The van der Waals surface area contributed by atoms with Crippen LogP contribution in [0.3, 0.4) is 0 Å². The molecule has 0 bridgehead atoms. The first-order valence-corrected chi connectivity index (χ1v) is 11.7. The number of nitrogens with one attached hydrogen (secondary N) is 1. The van der Waals surface area contributed by atoms with E-state index in [0.717, 1.165) is 35.2 Å². The van der Waals surface area contributed by atoms with Crippen LogP contribution < -0.4 is 4.74 Å². The van der Waals surface area contributed by atoms with Crippen molar-refractivity contribution in [2.75, 3.05) is 18.8 Å². The molecule has 1 amide bonds. The highest BCUT2D eigenvalue weighted by Gasteiger charge is 2.25. The largest absolute Gasteiger partial charge is 0.415 e. The Bertz CT molecular complexity index is 914. The number of thioether (sulfide) groups is 2. The number of likely N-dealkylation sites (tertiary alicyclic amines) is 1. The zero-order valence-electron chi connectivity index (χ0n) is 16.4. The summed E-state index contributed by atoms with van der Waals surface area (Å²) in [7, 11) is 0. The van der Waals surface area contributed by atoms with Gasteiger partial charge in [-0.15, -0.1) is 16.9 Å². The maximum Gasteiger partial charge on any atom is 0.415 e. The van der Waals surface area contributed by atoms with Crippen LogP contribution >= 0.6 is 23.5 Å². The summed E-state index contributed by atoms with van der Waals surface area (Å²) < 4.78 is 5.56. The van der Waals surface area contributed by atoms with Crippen molar-refractivity contribution in [2.24, 2.45) is 0 Å². The van der Waals surface area contributed by atoms with Crippen molar-refractivity contribution >= 4 is 29.6 Å². The minimum atomic E-state index is -0.283. The number of rotatable bonds is 7. The van der Waals surface area contributed by atoms with Gasteiger partial charge in [-0.1, -0.05) is 30.0 Å². The minimum absolute atomic E-state index is 0.283. The van der Waals surface area contributed by atoms with Crippen molar-refractivity contribution in [3.8, 4) is 5.75 Å². The number of hydrogen-bond donors (Lipinski definition) is 1. The third-order valence-electron chi connectivity index (χ3n) is 4.77. The predicted molar refractivity (Wildman–Crippen MR) is 118 cm³/mol. The van der Waals surface area contributed by atoms with Crippen molar-refractivity contribution in [3.05, 3.63) is 60.6 Å². The fourth-order valence-corrected chi connectivity index (χ4v) is 4.98. The summed E-state index contributed by atoms with van der Waals surface area (Å²) in [6.45, 7) is 1.37. The number of hydrogen-bond acceptors (Lipinski definition) is 7. The summed E-state index contributed by atoms with van der Waals surface area (Å²) >= 11 is 3.39. The molecule has 3 aromatic rings. The summed E-state index contributed by atoms with van der Waals surface area (Å²) in [6, 6.07) is 13.7. The number of amides is 1. The average molecular weight is 442 g/mol. The molecule has 9 heteroatoms. The van der Waals surface area contributed by atoms with E-state index < -0.39 is 0 Å². The van der Waals surface area contributed by atoms with E-state index in [1.807, 2.05) is 48.7 Å². The molecular weight excluding hydrogens is 418 g/mol. The Hall–Kier alpha value is -2.52. The maximum atomic E-state index is 12.5. The van der Waals surface area contributed by atoms with Crippen LogP contribution in [0.25, 0.3) is 0 Å². The van der Waals surface area contributed by atoms with Crippen LogP contribution in [0.5, 0.6) is 5.75 Å².